The van der Waals surface area contributed by atoms with E-state index in [9.17, 15) is 22.0 Å². The van der Waals surface area contributed by atoms with Crippen molar-refractivity contribution in [3.8, 4) is 0 Å². The van der Waals surface area contributed by atoms with Gasteiger partial charge in [0.1, 0.15) is 0 Å². The number of rotatable bonds is 7. The minimum Gasteiger partial charge on any atom is -0.351 e. The van der Waals surface area contributed by atoms with Gasteiger partial charge in [0.05, 0.1) is 5.75 Å². The molecule has 1 amide bonds. The Morgan fingerprint density at radius 1 is 1.27 bits per heavy atom. The third-order valence-corrected chi connectivity index (χ3v) is 5.47. The van der Waals surface area contributed by atoms with Gasteiger partial charge in [0.2, 0.25) is 9.84 Å². The normalized spacial score (nSPS) is 16.5. The summed E-state index contributed by atoms with van der Waals surface area (Å²) in [5.41, 5.74) is 0.871. The fourth-order valence-corrected chi connectivity index (χ4v) is 3.03. The molecule has 0 saturated heterocycles. The summed E-state index contributed by atoms with van der Waals surface area (Å²) >= 11 is 0. The molecule has 1 aromatic rings. The Kier molecular flexibility index (Phi) is 4.84. The summed E-state index contributed by atoms with van der Waals surface area (Å²) in [4.78, 5) is 12.0. The molecule has 0 bridgehead atoms. The first-order chi connectivity index (χ1) is 10.3. The van der Waals surface area contributed by atoms with Crippen molar-refractivity contribution in [2.75, 3.05) is 6.54 Å². The second-order valence-corrected chi connectivity index (χ2v) is 7.77. The maximum absolute atomic E-state index is 12.3. The molecule has 4 nitrogen and oxygen atoms in total. The van der Waals surface area contributed by atoms with E-state index in [1.807, 2.05) is 0 Å². The summed E-state index contributed by atoms with van der Waals surface area (Å²) in [6, 6.07) is 5.69. The van der Waals surface area contributed by atoms with Gasteiger partial charge < -0.3 is 5.32 Å². The molecule has 1 aliphatic carbocycles. The maximum atomic E-state index is 12.3. The molecule has 0 aromatic heterocycles. The number of carbonyl (C=O) groups is 1. The summed E-state index contributed by atoms with van der Waals surface area (Å²) in [6.07, 6.45) is 3.26. The SMILES string of the molecule is CCC1(CNC(=O)c2ccc(CS(=O)(=O)C(F)F)cc2)CC1. The molecular formula is C15H19F2NO3S. The number of halogens is 2. The first-order valence-electron chi connectivity index (χ1n) is 7.15. The van der Waals surface area contributed by atoms with Gasteiger partial charge in [-0.15, -0.1) is 0 Å². The molecule has 7 heteroatoms. The lowest BCUT2D eigenvalue weighted by molar-refractivity contribution is 0.0944. The van der Waals surface area contributed by atoms with Crippen molar-refractivity contribution in [3.63, 3.8) is 0 Å². The van der Waals surface area contributed by atoms with Gasteiger partial charge in [-0.25, -0.2) is 8.42 Å². The van der Waals surface area contributed by atoms with Crippen LogP contribution in [0.3, 0.4) is 0 Å². The third-order valence-electron chi connectivity index (χ3n) is 4.19. The zero-order chi connectivity index (χ0) is 16.4. The van der Waals surface area contributed by atoms with Crippen LogP contribution in [-0.4, -0.2) is 26.6 Å². The first kappa shape index (κ1) is 16.9. The molecule has 0 spiro atoms. The lowest BCUT2D eigenvalue weighted by Crippen LogP contribution is -2.29. The highest BCUT2D eigenvalue weighted by molar-refractivity contribution is 7.90. The topological polar surface area (TPSA) is 63.2 Å². The van der Waals surface area contributed by atoms with Crippen molar-refractivity contribution < 1.29 is 22.0 Å². The standard InChI is InChI=1S/C15H19F2NO3S/c1-2-15(7-8-15)10-18-13(19)12-5-3-11(4-6-12)9-22(20,21)14(16)17/h3-6,14H,2,7-10H2,1H3,(H,18,19). The first-order valence-corrected chi connectivity index (χ1v) is 8.86. The minimum atomic E-state index is -4.44. The molecule has 122 valence electrons. The van der Waals surface area contributed by atoms with Crippen LogP contribution in [0.4, 0.5) is 8.78 Å². The van der Waals surface area contributed by atoms with E-state index in [4.69, 9.17) is 0 Å². The van der Waals surface area contributed by atoms with Crippen molar-refractivity contribution >= 4 is 15.7 Å². The van der Waals surface area contributed by atoms with E-state index >= 15 is 0 Å². The van der Waals surface area contributed by atoms with Crippen LogP contribution in [-0.2, 0) is 15.6 Å². The molecule has 1 aliphatic rings. The molecule has 1 saturated carbocycles. The summed E-state index contributed by atoms with van der Waals surface area (Å²) in [5.74, 6) is -4.35. The van der Waals surface area contributed by atoms with Crippen LogP contribution in [0.15, 0.2) is 24.3 Å². The van der Waals surface area contributed by atoms with E-state index in [0.29, 0.717) is 12.1 Å². The van der Waals surface area contributed by atoms with Crippen LogP contribution in [0.2, 0.25) is 0 Å². The van der Waals surface area contributed by atoms with Gasteiger partial charge in [-0.1, -0.05) is 19.1 Å². The summed E-state index contributed by atoms with van der Waals surface area (Å²) < 4.78 is 46.9. The maximum Gasteiger partial charge on any atom is 0.337 e. The van der Waals surface area contributed by atoms with Gasteiger partial charge in [-0.3, -0.25) is 4.79 Å². The molecule has 0 heterocycles. The number of carbonyl (C=O) groups excluding carboxylic acids is 1. The quantitative estimate of drug-likeness (QED) is 0.835. The number of alkyl halides is 2. The summed E-state index contributed by atoms with van der Waals surface area (Å²) in [6.45, 7) is 2.72. The van der Waals surface area contributed by atoms with Crippen molar-refractivity contribution in [3.05, 3.63) is 35.4 Å². The van der Waals surface area contributed by atoms with Crippen LogP contribution in [0.25, 0.3) is 0 Å². The molecule has 0 aliphatic heterocycles. The highest BCUT2D eigenvalue weighted by atomic mass is 32.2. The zero-order valence-electron chi connectivity index (χ0n) is 12.3. The highest BCUT2D eigenvalue weighted by Crippen LogP contribution is 2.47. The Morgan fingerprint density at radius 2 is 1.86 bits per heavy atom. The number of hydrogen-bond acceptors (Lipinski definition) is 3. The monoisotopic (exact) mass is 331 g/mol. The van der Waals surface area contributed by atoms with Crippen molar-refractivity contribution in [1.82, 2.24) is 5.32 Å². The van der Waals surface area contributed by atoms with Crippen LogP contribution in [0, 0.1) is 5.41 Å². The van der Waals surface area contributed by atoms with E-state index < -0.39 is 21.3 Å². The van der Waals surface area contributed by atoms with Crippen molar-refractivity contribution in [1.29, 1.82) is 0 Å². The summed E-state index contributed by atoms with van der Waals surface area (Å²) in [7, 11) is -4.44. The van der Waals surface area contributed by atoms with Crippen LogP contribution in [0.1, 0.15) is 42.1 Å². The molecule has 1 aromatic carbocycles. The number of hydrogen-bond donors (Lipinski definition) is 1. The molecule has 0 radical (unpaired) electrons. The average Bonchev–Trinajstić information content (AvgIpc) is 3.25. The lowest BCUT2D eigenvalue weighted by atomic mass is 10.0. The molecule has 1 fully saturated rings. The van der Waals surface area contributed by atoms with Gasteiger partial charge >= 0.3 is 5.76 Å². The smallest absolute Gasteiger partial charge is 0.337 e. The lowest BCUT2D eigenvalue weighted by Gasteiger charge is -2.13. The van der Waals surface area contributed by atoms with Gasteiger partial charge in [0, 0.05) is 12.1 Å². The van der Waals surface area contributed by atoms with Gasteiger partial charge in [-0.2, -0.15) is 8.78 Å². The number of benzene rings is 1. The Hall–Kier alpha value is -1.50. The summed E-state index contributed by atoms with van der Waals surface area (Å²) in [5, 5.41) is 2.86. The van der Waals surface area contributed by atoms with Gasteiger partial charge in [-0.05, 0) is 42.4 Å². The Morgan fingerprint density at radius 3 is 2.32 bits per heavy atom. The molecule has 2 rings (SSSR count). The Labute approximate surface area is 128 Å². The highest BCUT2D eigenvalue weighted by Gasteiger charge is 2.40. The van der Waals surface area contributed by atoms with Crippen molar-refractivity contribution in [2.24, 2.45) is 5.41 Å². The zero-order valence-corrected chi connectivity index (χ0v) is 13.1. The predicted octanol–water partition coefficient (Wildman–Crippen LogP) is 2.74. The predicted molar refractivity (Wildman–Crippen MR) is 79.4 cm³/mol. The number of amides is 1. The molecule has 0 unspecified atom stereocenters. The van der Waals surface area contributed by atoms with Gasteiger partial charge in [0.25, 0.3) is 5.91 Å². The average molecular weight is 331 g/mol. The van der Waals surface area contributed by atoms with E-state index in [1.54, 1.807) is 0 Å². The fourth-order valence-electron chi connectivity index (χ4n) is 2.25. The van der Waals surface area contributed by atoms with Crippen molar-refractivity contribution in [2.45, 2.75) is 37.7 Å². The van der Waals surface area contributed by atoms with E-state index in [0.717, 1.165) is 19.3 Å². The molecule has 0 atom stereocenters. The van der Waals surface area contributed by atoms with Crippen LogP contribution < -0.4 is 5.32 Å². The number of sulfone groups is 1. The van der Waals surface area contributed by atoms with Crippen LogP contribution in [0.5, 0.6) is 0 Å². The van der Waals surface area contributed by atoms with E-state index in [2.05, 4.69) is 12.2 Å². The van der Waals surface area contributed by atoms with Gasteiger partial charge in [0.15, 0.2) is 0 Å². The second-order valence-electron chi connectivity index (χ2n) is 5.80. The van der Waals surface area contributed by atoms with E-state index in [-0.39, 0.29) is 16.9 Å². The minimum absolute atomic E-state index is 0.233. The Balaban J connectivity index is 1.95. The number of nitrogens with one attached hydrogen (secondary N) is 1. The molecule has 22 heavy (non-hydrogen) atoms. The largest absolute Gasteiger partial charge is 0.351 e. The Bertz CT molecular complexity index is 637. The second kappa shape index (κ2) is 6.32. The van der Waals surface area contributed by atoms with Crippen LogP contribution >= 0.6 is 0 Å². The molecular weight excluding hydrogens is 312 g/mol. The van der Waals surface area contributed by atoms with E-state index in [1.165, 1.54) is 24.3 Å². The fraction of sp³-hybridized carbons (Fsp3) is 0.533. The third kappa shape index (κ3) is 4.03. The molecule has 1 N–H and O–H groups in total.